The maximum absolute atomic E-state index is 5.94. The summed E-state index contributed by atoms with van der Waals surface area (Å²) in [7, 11) is 0. The highest BCUT2D eigenvalue weighted by Crippen LogP contribution is 2.21. The molecule has 1 aromatic heterocycles. The standard InChI is InChI=1S/C11H13ClN2O/c1-4-6-7-15-11-8(3)10(12)13-9(5-2)14-11/h1H,5-7H2,2-3H3. The van der Waals surface area contributed by atoms with Crippen LogP contribution in [0.25, 0.3) is 0 Å². The molecule has 0 fully saturated rings. The lowest BCUT2D eigenvalue weighted by molar-refractivity contribution is 0.310. The van der Waals surface area contributed by atoms with Gasteiger partial charge in [0.15, 0.2) is 0 Å². The number of halogens is 1. The SMILES string of the molecule is C#CCCOc1nc(CC)nc(Cl)c1C. The summed E-state index contributed by atoms with van der Waals surface area (Å²) >= 11 is 5.94. The van der Waals surface area contributed by atoms with Crippen LogP contribution in [-0.4, -0.2) is 16.6 Å². The van der Waals surface area contributed by atoms with E-state index >= 15 is 0 Å². The van der Waals surface area contributed by atoms with Gasteiger partial charge in [-0.3, -0.25) is 0 Å². The molecule has 0 atom stereocenters. The van der Waals surface area contributed by atoms with Crippen LogP contribution in [0.4, 0.5) is 0 Å². The maximum atomic E-state index is 5.94. The second kappa shape index (κ2) is 5.57. The van der Waals surface area contributed by atoms with Crippen molar-refractivity contribution in [2.24, 2.45) is 0 Å². The summed E-state index contributed by atoms with van der Waals surface area (Å²) in [6.07, 6.45) is 6.41. The van der Waals surface area contributed by atoms with E-state index in [9.17, 15) is 0 Å². The molecule has 0 saturated heterocycles. The highest BCUT2D eigenvalue weighted by molar-refractivity contribution is 6.30. The van der Waals surface area contributed by atoms with Crippen molar-refractivity contribution >= 4 is 11.6 Å². The van der Waals surface area contributed by atoms with E-state index in [0.717, 1.165) is 12.0 Å². The van der Waals surface area contributed by atoms with E-state index in [0.29, 0.717) is 29.9 Å². The molecule has 0 aliphatic heterocycles. The number of aromatic nitrogens is 2. The van der Waals surface area contributed by atoms with Crippen molar-refractivity contribution in [3.05, 3.63) is 16.5 Å². The zero-order valence-corrected chi connectivity index (χ0v) is 9.64. The van der Waals surface area contributed by atoms with Gasteiger partial charge in [0, 0.05) is 18.4 Å². The van der Waals surface area contributed by atoms with Crippen molar-refractivity contribution < 1.29 is 4.74 Å². The van der Waals surface area contributed by atoms with Crippen LogP contribution in [0, 0.1) is 19.3 Å². The Kier molecular flexibility index (Phi) is 4.38. The molecule has 1 heterocycles. The molecule has 0 aliphatic carbocycles. The monoisotopic (exact) mass is 224 g/mol. The van der Waals surface area contributed by atoms with Crippen molar-refractivity contribution in [2.75, 3.05) is 6.61 Å². The van der Waals surface area contributed by atoms with Crippen LogP contribution >= 0.6 is 11.6 Å². The van der Waals surface area contributed by atoms with E-state index in [4.69, 9.17) is 22.8 Å². The van der Waals surface area contributed by atoms with Crippen LogP contribution in [0.15, 0.2) is 0 Å². The second-order valence-corrected chi connectivity index (χ2v) is 3.37. The first-order valence-corrected chi connectivity index (χ1v) is 5.16. The van der Waals surface area contributed by atoms with Gasteiger partial charge in [0.05, 0.1) is 0 Å². The summed E-state index contributed by atoms with van der Waals surface area (Å²) in [6.45, 7) is 4.24. The third-order valence-electron chi connectivity index (χ3n) is 1.89. The summed E-state index contributed by atoms with van der Waals surface area (Å²) in [6, 6.07) is 0. The molecular formula is C11H13ClN2O. The molecular weight excluding hydrogens is 212 g/mol. The number of hydrogen-bond acceptors (Lipinski definition) is 3. The summed E-state index contributed by atoms with van der Waals surface area (Å²) < 4.78 is 5.42. The Balaban J connectivity index is 2.86. The predicted molar refractivity (Wildman–Crippen MR) is 60.1 cm³/mol. The van der Waals surface area contributed by atoms with Gasteiger partial charge in [-0.05, 0) is 6.92 Å². The average molecular weight is 225 g/mol. The van der Waals surface area contributed by atoms with Gasteiger partial charge in [-0.15, -0.1) is 12.3 Å². The Labute approximate surface area is 94.8 Å². The van der Waals surface area contributed by atoms with Gasteiger partial charge in [-0.25, -0.2) is 4.98 Å². The van der Waals surface area contributed by atoms with Crippen molar-refractivity contribution in [3.63, 3.8) is 0 Å². The second-order valence-electron chi connectivity index (χ2n) is 3.02. The first kappa shape index (κ1) is 11.8. The zero-order chi connectivity index (χ0) is 11.3. The van der Waals surface area contributed by atoms with Crippen molar-refractivity contribution in [1.29, 1.82) is 0 Å². The topological polar surface area (TPSA) is 35.0 Å². The molecule has 0 unspecified atom stereocenters. The van der Waals surface area contributed by atoms with Crippen LogP contribution in [0.1, 0.15) is 24.7 Å². The van der Waals surface area contributed by atoms with E-state index < -0.39 is 0 Å². The van der Waals surface area contributed by atoms with Crippen LogP contribution in [-0.2, 0) is 6.42 Å². The molecule has 0 spiro atoms. The van der Waals surface area contributed by atoms with E-state index in [-0.39, 0.29) is 0 Å². The third kappa shape index (κ3) is 3.10. The minimum Gasteiger partial charge on any atom is -0.476 e. The zero-order valence-electron chi connectivity index (χ0n) is 8.88. The van der Waals surface area contributed by atoms with E-state index in [1.165, 1.54) is 0 Å². The van der Waals surface area contributed by atoms with E-state index in [1.807, 2.05) is 13.8 Å². The number of terminal acetylenes is 1. The average Bonchev–Trinajstić information content (AvgIpc) is 2.24. The van der Waals surface area contributed by atoms with Crippen LogP contribution < -0.4 is 4.74 Å². The van der Waals surface area contributed by atoms with Crippen molar-refractivity contribution in [2.45, 2.75) is 26.7 Å². The van der Waals surface area contributed by atoms with Crippen LogP contribution in [0.2, 0.25) is 5.15 Å². The third-order valence-corrected chi connectivity index (χ3v) is 2.26. The molecule has 0 bridgehead atoms. The molecule has 1 aromatic rings. The van der Waals surface area contributed by atoms with Gasteiger partial charge in [-0.2, -0.15) is 4.98 Å². The fourth-order valence-corrected chi connectivity index (χ4v) is 1.20. The summed E-state index contributed by atoms with van der Waals surface area (Å²) in [5, 5.41) is 0.442. The highest BCUT2D eigenvalue weighted by atomic mass is 35.5. The maximum Gasteiger partial charge on any atom is 0.221 e. The van der Waals surface area contributed by atoms with Crippen molar-refractivity contribution in [3.8, 4) is 18.2 Å². The lowest BCUT2D eigenvalue weighted by atomic mass is 10.3. The fourth-order valence-electron chi connectivity index (χ4n) is 1.02. The quantitative estimate of drug-likeness (QED) is 0.448. The van der Waals surface area contributed by atoms with Gasteiger partial charge in [0.2, 0.25) is 5.88 Å². The molecule has 80 valence electrons. The molecule has 0 N–H and O–H groups in total. The molecule has 3 nitrogen and oxygen atoms in total. The molecule has 1 rings (SSSR count). The molecule has 0 aromatic carbocycles. The molecule has 0 aliphatic rings. The smallest absolute Gasteiger partial charge is 0.221 e. The van der Waals surface area contributed by atoms with Gasteiger partial charge < -0.3 is 4.74 Å². The normalized spacial score (nSPS) is 9.73. The largest absolute Gasteiger partial charge is 0.476 e. The number of nitrogens with zero attached hydrogens (tertiary/aromatic N) is 2. The Morgan fingerprint density at radius 3 is 2.80 bits per heavy atom. The fraction of sp³-hybridized carbons (Fsp3) is 0.455. The van der Waals surface area contributed by atoms with Gasteiger partial charge in [0.1, 0.15) is 17.6 Å². The predicted octanol–water partition coefficient (Wildman–Crippen LogP) is 2.40. The first-order valence-electron chi connectivity index (χ1n) is 4.78. The molecule has 4 heteroatoms. The minimum absolute atomic E-state index is 0.442. The molecule has 0 saturated carbocycles. The Morgan fingerprint density at radius 1 is 1.47 bits per heavy atom. The Bertz CT molecular complexity index is 385. The lowest BCUT2D eigenvalue weighted by Gasteiger charge is -2.08. The Hall–Kier alpha value is -1.27. The first-order chi connectivity index (χ1) is 7.19. The van der Waals surface area contributed by atoms with Crippen molar-refractivity contribution in [1.82, 2.24) is 9.97 Å². The molecule has 15 heavy (non-hydrogen) atoms. The van der Waals surface area contributed by atoms with Crippen LogP contribution in [0.5, 0.6) is 5.88 Å². The van der Waals surface area contributed by atoms with Gasteiger partial charge in [-0.1, -0.05) is 18.5 Å². The number of aryl methyl sites for hydroxylation is 1. The van der Waals surface area contributed by atoms with Gasteiger partial charge in [0.25, 0.3) is 0 Å². The highest BCUT2D eigenvalue weighted by Gasteiger charge is 2.09. The van der Waals surface area contributed by atoms with Gasteiger partial charge >= 0.3 is 0 Å². The number of ether oxygens (including phenoxy) is 1. The molecule has 0 radical (unpaired) electrons. The summed E-state index contributed by atoms with van der Waals surface area (Å²) in [4.78, 5) is 8.35. The lowest BCUT2D eigenvalue weighted by Crippen LogP contribution is -2.04. The van der Waals surface area contributed by atoms with E-state index in [2.05, 4.69) is 15.9 Å². The van der Waals surface area contributed by atoms with Crippen LogP contribution in [0.3, 0.4) is 0 Å². The molecule has 0 amide bonds. The van der Waals surface area contributed by atoms with E-state index in [1.54, 1.807) is 0 Å². The minimum atomic E-state index is 0.442. The summed E-state index contributed by atoms with van der Waals surface area (Å²) in [5.74, 6) is 3.71. The number of hydrogen-bond donors (Lipinski definition) is 0. The number of rotatable bonds is 4. The summed E-state index contributed by atoms with van der Waals surface area (Å²) in [5.41, 5.74) is 0.755. The Morgan fingerprint density at radius 2 is 2.20 bits per heavy atom.